The second-order valence-electron chi connectivity index (χ2n) is 5.00. The van der Waals surface area contributed by atoms with E-state index in [0.29, 0.717) is 12.4 Å². The summed E-state index contributed by atoms with van der Waals surface area (Å²) >= 11 is 0. The fraction of sp³-hybridized carbons (Fsp3) is 0.571. The third-order valence-corrected chi connectivity index (χ3v) is 3.47. The van der Waals surface area contributed by atoms with Crippen LogP contribution >= 0.6 is 0 Å². The van der Waals surface area contributed by atoms with Crippen LogP contribution in [0.5, 0.6) is 0 Å². The number of carboxylic acid groups (broad SMARTS) is 1. The molecule has 1 atom stereocenters. The standard InChI is InChI=1S/C14H20N2O3/c1-10-6-7-15-13(12(10)14(17)18)16(2)9-11-5-3-4-8-19-11/h6-7,11H,3-5,8-9H2,1-2H3,(H,17,18). The predicted molar refractivity (Wildman–Crippen MR) is 72.8 cm³/mol. The molecule has 1 unspecified atom stereocenters. The van der Waals surface area contributed by atoms with Crippen LogP contribution in [0.1, 0.15) is 35.2 Å². The minimum atomic E-state index is -0.933. The maximum atomic E-state index is 11.3. The first-order valence-electron chi connectivity index (χ1n) is 6.61. The molecule has 19 heavy (non-hydrogen) atoms. The van der Waals surface area contributed by atoms with E-state index in [-0.39, 0.29) is 11.7 Å². The number of nitrogens with zero attached hydrogens (tertiary/aromatic N) is 2. The Labute approximate surface area is 113 Å². The average molecular weight is 264 g/mol. The van der Waals surface area contributed by atoms with Crippen molar-refractivity contribution < 1.29 is 14.6 Å². The van der Waals surface area contributed by atoms with Crippen molar-refractivity contribution in [3.63, 3.8) is 0 Å². The first-order valence-corrected chi connectivity index (χ1v) is 6.61. The number of pyridine rings is 1. The lowest BCUT2D eigenvalue weighted by molar-refractivity contribution is 0.0215. The second-order valence-corrected chi connectivity index (χ2v) is 5.00. The summed E-state index contributed by atoms with van der Waals surface area (Å²) in [7, 11) is 1.87. The zero-order chi connectivity index (χ0) is 13.8. The van der Waals surface area contributed by atoms with Gasteiger partial charge in [0.25, 0.3) is 0 Å². The van der Waals surface area contributed by atoms with Gasteiger partial charge in [-0.3, -0.25) is 0 Å². The summed E-state index contributed by atoms with van der Waals surface area (Å²) in [5, 5.41) is 9.30. The highest BCUT2D eigenvalue weighted by atomic mass is 16.5. The maximum Gasteiger partial charge on any atom is 0.339 e. The zero-order valence-electron chi connectivity index (χ0n) is 11.4. The van der Waals surface area contributed by atoms with Gasteiger partial charge < -0.3 is 14.7 Å². The molecule has 1 aliphatic rings. The molecule has 1 aromatic heterocycles. The molecule has 1 saturated heterocycles. The molecule has 0 radical (unpaired) electrons. The normalized spacial score (nSPS) is 19.2. The first kappa shape index (κ1) is 13.8. The van der Waals surface area contributed by atoms with Crippen LogP contribution in [0.4, 0.5) is 5.82 Å². The molecule has 5 nitrogen and oxygen atoms in total. The molecule has 5 heteroatoms. The summed E-state index contributed by atoms with van der Waals surface area (Å²) in [4.78, 5) is 17.4. The lowest BCUT2D eigenvalue weighted by Gasteiger charge is -2.28. The van der Waals surface area contributed by atoms with Crippen LogP contribution in [0.25, 0.3) is 0 Å². The van der Waals surface area contributed by atoms with Gasteiger partial charge in [-0.2, -0.15) is 0 Å². The highest BCUT2D eigenvalue weighted by Gasteiger charge is 2.21. The van der Waals surface area contributed by atoms with Gasteiger partial charge in [0.1, 0.15) is 11.4 Å². The fourth-order valence-corrected chi connectivity index (χ4v) is 2.44. The van der Waals surface area contributed by atoms with E-state index in [1.54, 1.807) is 19.2 Å². The number of carbonyl (C=O) groups is 1. The van der Waals surface area contributed by atoms with Crippen molar-refractivity contribution in [2.45, 2.75) is 32.3 Å². The Balaban J connectivity index is 2.16. The number of hydrogen-bond acceptors (Lipinski definition) is 4. The van der Waals surface area contributed by atoms with Gasteiger partial charge in [-0.25, -0.2) is 9.78 Å². The number of aryl methyl sites for hydroxylation is 1. The fourth-order valence-electron chi connectivity index (χ4n) is 2.44. The Bertz CT molecular complexity index is 456. The van der Waals surface area contributed by atoms with E-state index in [2.05, 4.69) is 4.98 Å². The SMILES string of the molecule is Cc1ccnc(N(C)CC2CCCCO2)c1C(=O)O. The van der Waals surface area contributed by atoms with Gasteiger partial charge in [0.05, 0.1) is 6.10 Å². The van der Waals surface area contributed by atoms with Crippen LogP contribution in [-0.4, -0.2) is 42.4 Å². The number of anilines is 1. The van der Waals surface area contributed by atoms with Gasteiger partial charge in [0, 0.05) is 26.4 Å². The number of hydrogen-bond donors (Lipinski definition) is 1. The summed E-state index contributed by atoms with van der Waals surface area (Å²) in [5.74, 6) is -0.418. The largest absolute Gasteiger partial charge is 0.478 e. The molecule has 1 aliphatic heterocycles. The monoisotopic (exact) mass is 264 g/mol. The van der Waals surface area contributed by atoms with Gasteiger partial charge in [0.2, 0.25) is 0 Å². The van der Waals surface area contributed by atoms with Crippen molar-refractivity contribution in [3.8, 4) is 0 Å². The van der Waals surface area contributed by atoms with Crippen molar-refractivity contribution in [1.82, 2.24) is 4.98 Å². The second kappa shape index (κ2) is 6.02. The molecule has 2 rings (SSSR count). The van der Waals surface area contributed by atoms with Gasteiger partial charge >= 0.3 is 5.97 Å². The van der Waals surface area contributed by atoms with Crippen LogP contribution in [0.2, 0.25) is 0 Å². The van der Waals surface area contributed by atoms with Gasteiger partial charge in [-0.05, 0) is 37.8 Å². The van der Waals surface area contributed by atoms with Gasteiger partial charge in [0.15, 0.2) is 0 Å². The van der Waals surface area contributed by atoms with E-state index >= 15 is 0 Å². The van der Waals surface area contributed by atoms with Crippen LogP contribution in [0.3, 0.4) is 0 Å². The predicted octanol–water partition coefficient (Wildman–Crippen LogP) is 2.09. The lowest BCUT2D eigenvalue weighted by Crippen LogP contribution is -2.34. The van der Waals surface area contributed by atoms with Crippen LogP contribution in [0, 0.1) is 6.92 Å². The number of ether oxygens (including phenoxy) is 1. The third-order valence-electron chi connectivity index (χ3n) is 3.47. The Kier molecular flexibility index (Phi) is 4.37. The smallest absolute Gasteiger partial charge is 0.339 e. The molecule has 0 aliphatic carbocycles. The number of rotatable bonds is 4. The van der Waals surface area contributed by atoms with Crippen LogP contribution in [-0.2, 0) is 4.74 Å². The van der Waals surface area contributed by atoms with E-state index in [1.165, 1.54) is 6.42 Å². The minimum Gasteiger partial charge on any atom is -0.478 e. The topological polar surface area (TPSA) is 62.7 Å². The van der Waals surface area contributed by atoms with Crippen molar-refractivity contribution in [3.05, 3.63) is 23.4 Å². The first-order chi connectivity index (χ1) is 9.09. The number of likely N-dealkylation sites (N-methyl/N-ethyl adjacent to an activating group) is 1. The minimum absolute atomic E-state index is 0.169. The van der Waals surface area contributed by atoms with Crippen molar-refractivity contribution in [2.24, 2.45) is 0 Å². The lowest BCUT2D eigenvalue weighted by atomic mass is 10.1. The van der Waals surface area contributed by atoms with Crippen molar-refractivity contribution >= 4 is 11.8 Å². The summed E-state index contributed by atoms with van der Waals surface area (Å²) in [5.41, 5.74) is 1.01. The number of aromatic nitrogens is 1. The Hall–Kier alpha value is -1.62. The van der Waals surface area contributed by atoms with E-state index in [0.717, 1.165) is 25.0 Å². The summed E-state index contributed by atoms with van der Waals surface area (Å²) in [6.07, 6.45) is 5.13. The molecule has 0 aromatic carbocycles. The summed E-state index contributed by atoms with van der Waals surface area (Å²) in [6.45, 7) is 3.27. The van der Waals surface area contributed by atoms with E-state index in [4.69, 9.17) is 4.74 Å². The molecular weight excluding hydrogens is 244 g/mol. The molecule has 0 spiro atoms. The molecular formula is C14H20N2O3. The highest BCUT2D eigenvalue weighted by molar-refractivity contribution is 5.94. The molecule has 0 bridgehead atoms. The number of carboxylic acids is 1. The van der Waals surface area contributed by atoms with Crippen LogP contribution < -0.4 is 4.90 Å². The molecule has 2 heterocycles. The molecule has 0 saturated carbocycles. The Morgan fingerprint density at radius 3 is 3.00 bits per heavy atom. The summed E-state index contributed by atoms with van der Waals surface area (Å²) < 4.78 is 5.68. The Morgan fingerprint density at radius 2 is 2.37 bits per heavy atom. The van der Waals surface area contributed by atoms with E-state index in [9.17, 15) is 9.90 Å². The number of aromatic carboxylic acids is 1. The highest BCUT2D eigenvalue weighted by Crippen LogP contribution is 2.22. The maximum absolute atomic E-state index is 11.3. The summed E-state index contributed by atoms with van der Waals surface area (Å²) in [6, 6.07) is 1.72. The van der Waals surface area contributed by atoms with E-state index < -0.39 is 5.97 Å². The molecule has 104 valence electrons. The van der Waals surface area contributed by atoms with Gasteiger partial charge in [-0.1, -0.05) is 0 Å². The van der Waals surface area contributed by atoms with E-state index in [1.807, 2.05) is 11.9 Å². The van der Waals surface area contributed by atoms with Crippen molar-refractivity contribution in [1.29, 1.82) is 0 Å². The third kappa shape index (κ3) is 3.23. The zero-order valence-corrected chi connectivity index (χ0v) is 11.4. The molecule has 0 amide bonds. The van der Waals surface area contributed by atoms with Crippen molar-refractivity contribution in [2.75, 3.05) is 25.1 Å². The molecule has 1 N–H and O–H groups in total. The van der Waals surface area contributed by atoms with Gasteiger partial charge in [-0.15, -0.1) is 0 Å². The quantitative estimate of drug-likeness (QED) is 0.902. The average Bonchev–Trinajstić information content (AvgIpc) is 2.39. The van der Waals surface area contributed by atoms with Crippen LogP contribution in [0.15, 0.2) is 12.3 Å². The Morgan fingerprint density at radius 1 is 1.58 bits per heavy atom. The molecule has 1 aromatic rings. The molecule has 1 fully saturated rings.